The largest absolute Gasteiger partial charge is 0.481 e. The van der Waals surface area contributed by atoms with E-state index in [9.17, 15) is 4.79 Å². The van der Waals surface area contributed by atoms with Crippen LogP contribution in [0.3, 0.4) is 0 Å². The number of fused-ring (bicyclic) bond motifs is 1. The highest BCUT2D eigenvalue weighted by Gasteiger charge is 2.25. The Labute approximate surface area is 163 Å². The molecule has 1 aliphatic carbocycles. The molecule has 3 aromatic heterocycles. The van der Waals surface area contributed by atoms with Crippen LogP contribution in [-0.2, 0) is 13.0 Å². The van der Waals surface area contributed by atoms with Crippen molar-refractivity contribution < 1.29 is 9.53 Å². The summed E-state index contributed by atoms with van der Waals surface area (Å²) in [5.74, 6) is 0.622. The fourth-order valence-corrected chi connectivity index (χ4v) is 3.29. The van der Waals surface area contributed by atoms with Crippen LogP contribution in [-0.4, -0.2) is 32.8 Å². The van der Waals surface area contributed by atoms with Gasteiger partial charge in [0.1, 0.15) is 0 Å². The third kappa shape index (κ3) is 4.03. The predicted octanol–water partition coefficient (Wildman–Crippen LogP) is 2.96. The van der Waals surface area contributed by atoms with Crippen molar-refractivity contribution in [3.8, 4) is 17.1 Å². The number of ether oxygens (including phenoxy) is 1. The lowest BCUT2D eigenvalue weighted by molar-refractivity contribution is 0.1000. The lowest BCUT2D eigenvalue weighted by atomic mass is 10.1. The summed E-state index contributed by atoms with van der Waals surface area (Å²) in [6.45, 7) is 1.08. The second-order valence-electron chi connectivity index (χ2n) is 7.04. The lowest BCUT2D eigenvalue weighted by Gasteiger charge is -2.00. The Morgan fingerprint density at radius 3 is 2.71 bits per heavy atom. The first kappa shape index (κ1) is 18.2. The van der Waals surface area contributed by atoms with Crippen LogP contribution in [0, 0.1) is 0 Å². The van der Waals surface area contributed by atoms with Crippen molar-refractivity contribution in [2.75, 3.05) is 7.11 Å². The molecule has 1 fully saturated rings. The molecule has 0 radical (unpaired) electrons. The van der Waals surface area contributed by atoms with Crippen LogP contribution in [0.1, 0.15) is 46.9 Å². The van der Waals surface area contributed by atoms with Gasteiger partial charge in [0.15, 0.2) is 0 Å². The Hall–Kier alpha value is -3.22. The number of methoxy groups -OCH3 is 1. The number of primary amides is 1. The number of rotatable bonds is 4. The first-order valence-corrected chi connectivity index (χ1v) is 9.47. The number of aryl methyl sites for hydroxylation is 2. The molecule has 0 unspecified atom stereocenters. The molecule has 4 heterocycles. The van der Waals surface area contributed by atoms with Crippen molar-refractivity contribution in [2.45, 2.75) is 38.1 Å². The zero-order valence-corrected chi connectivity index (χ0v) is 15.8. The fourth-order valence-electron chi connectivity index (χ4n) is 3.29. The summed E-state index contributed by atoms with van der Waals surface area (Å²) in [7, 11) is 1.48. The highest BCUT2D eigenvalue weighted by atomic mass is 16.5. The SMILES string of the molecule is COc1cc(C(N)=O)ccn1.c1cc(-c2cc3n(n2)CCC3)cc(C2CC2)n1. The molecule has 0 bridgehead atoms. The minimum Gasteiger partial charge on any atom is -0.481 e. The summed E-state index contributed by atoms with van der Waals surface area (Å²) in [5, 5.41) is 4.67. The van der Waals surface area contributed by atoms with Crippen molar-refractivity contribution in [3.05, 3.63) is 59.7 Å². The summed E-state index contributed by atoms with van der Waals surface area (Å²) >= 11 is 0. The Morgan fingerprint density at radius 2 is 2.00 bits per heavy atom. The average Bonchev–Trinajstić information content (AvgIpc) is 3.36. The van der Waals surface area contributed by atoms with E-state index in [1.165, 1.54) is 68.1 Å². The van der Waals surface area contributed by atoms with Gasteiger partial charge in [-0.05, 0) is 49.9 Å². The summed E-state index contributed by atoms with van der Waals surface area (Å²) in [5.41, 5.74) is 10.4. The van der Waals surface area contributed by atoms with E-state index in [1.807, 2.05) is 6.20 Å². The van der Waals surface area contributed by atoms with Gasteiger partial charge < -0.3 is 10.5 Å². The van der Waals surface area contributed by atoms with Gasteiger partial charge in [-0.3, -0.25) is 14.5 Å². The Bertz CT molecular complexity index is 972. The van der Waals surface area contributed by atoms with E-state index in [1.54, 1.807) is 0 Å². The highest BCUT2D eigenvalue weighted by molar-refractivity contribution is 5.92. The third-order valence-corrected chi connectivity index (χ3v) is 4.97. The minimum atomic E-state index is -0.481. The molecule has 28 heavy (non-hydrogen) atoms. The maximum absolute atomic E-state index is 10.6. The fraction of sp³-hybridized carbons (Fsp3) is 0.333. The zero-order valence-electron chi connectivity index (χ0n) is 15.8. The molecule has 0 aromatic carbocycles. The van der Waals surface area contributed by atoms with Crippen LogP contribution in [0.15, 0.2) is 42.7 Å². The number of nitrogens with two attached hydrogens (primary N) is 1. The van der Waals surface area contributed by atoms with Gasteiger partial charge in [-0.25, -0.2) is 4.98 Å². The van der Waals surface area contributed by atoms with E-state index in [0.717, 1.165) is 12.2 Å². The monoisotopic (exact) mass is 377 g/mol. The van der Waals surface area contributed by atoms with Crippen LogP contribution >= 0.6 is 0 Å². The van der Waals surface area contributed by atoms with E-state index in [-0.39, 0.29) is 0 Å². The number of hydrogen-bond donors (Lipinski definition) is 1. The van der Waals surface area contributed by atoms with Gasteiger partial charge in [0.05, 0.1) is 12.8 Å². The summed E-state index contributed by atoms with van der Waals surface area (Å²) in [6, 6.07) is 9.55. The molecule has 1 amide bonds. The lowest BCUT2D eigenvalue weighted by Crippen LogP contribution is -2.10. The van der Waals surface area contributed by atoms with Gasteiger partial charge in [0.2, 0.25) is 11.8 Å². The van der Waals surface area contributed by atoms with Gasteiger partial charge in [0, 0.05) is 53.4 Å². The number of pyridine rings is 2. The van der Waals surface area contributed by atoms with Crippen molar-refractivity contribution in [3.63, 3.8) is 0 Å². The molecule has 7 nitrogen and oxygen atoms in total. The first-order chi connectivity index (χ1) is 13.6. The standard InChI is InChI=1S/C14H15N3.C7H8N2O2/c1-2-12-9-14(16-17(12)7-1)11-5-6-15-13(8-11)10-3-4-10;1-11-6-4-5(7(8)10)2-3-9-6/h5-6,8-10H,1-4,7H2;2-4H,1H3,(H2,8,10). The molecule has 2 aliphatic rings. The molecule has 144 valence electrons. The molecule has 2 N–H and O–H groups in total. The quantitative estimate of drug-likeness (QED) is 0.754. The first-order valence-electron chi connectivity index (χ1n) is 9.47. The number of aromatic nitrogens is 4. The Morgan fingerprint density at radius 1 is 1.18 bits per heavy atom. The van der Waals surface area contributed by atoms with Crippen LogP contribution in [0.4, 0.5) is 0 Å². The Kier molecular flexibility index (Phi) is 5.06. The van der Waals surface area contributed by atoms with E-state index in [0.29, 0.717) is 17.4 Å². The summed E-state index contributed by atoms with van der Waals surface area (Å²) in [4.78, 5) is 18.9. The summed E-state index contributed by atoms with van der Waals surface area (Å²) in [6.07, 6.45) is 8.42. The number of carbonyl (C=O) groups is 1. The molecule has 0 saturated heterocycles. The molecule has 5 rings (SSSR count). The van der Waals surface area contributed by atoms with Crippen molar-refractivity contribution in [2.24, 2.45) is 5.73 Å². The molecular formula is C21H23N5O2. The zero-order chi connectivity index (χ0) is 19.5. The van der Waals surface area contributed by atoms with Crippen molar-refractivity contribution >= 4 is 5.91 Å². The van der Waals surface area contributed by atoms with Crippen LogP contribution < -0.4 is 10.5 Å². The second-order valence-corrected chi connectivity index (χ2v) is 7.04. The summed E-state index contributed by atoms with van der Waals surface area (Å²) < 4.78 is 6.93. The van der Waals surface area contributed by atoms with Gasteiger partial charge in [-0.1, -0.05) is 0 Å². The normalized spacial score (nSPS) is 14.8. The molecule has 1 saturated carbocycles. The molecule has 0 atom stereocenters. The topological polar surface area (TPSA) is 95.9 Å². The number of nitrogens with zero attached hydrogens (tertiary/aromatic N) is 4. The maximum Gasteiger partial charge on any atom is 0.248 e. The van der Waals surface area contributed by atoms with Crippen LogP contribution in [0.5, 0.6) is 5.88 Å². The average molecular weight is 377 g/mol. The van der Waals surface area contributed by atoms with E-state index >= 15 is 0 Å². The molecule has 0 spiro atoms. The second kappa shape index (κ2) is 7.80. The molecule has 7 heteroatoms. The minimum absolute atomic E-state index is 0.390. The van der Waals surface area contributed by atoms with E-state index < -0.39 is 5.91 Å². The Balaban J connectivity index is 0.000000153. The van der Waals surface area contributed by atoms with Crippen molar-refractivity contribution in [1.82, 2.24) is 19.7 Å². The maximum atomic E-state index is 10.6. The molecule has 1 aliphatic heterocycles. The molecular weight excluding hydrogens is 354 g/mol. The van der Waals surface area contributed by atoms with Gasteiger partial charge >= 0.3 is 0 Å². The van der Waals surface area contributed by atoms with Gasteiger partial charge in [0.25, 0.3) is 0 Å². The van der Waals surface area contributed by atoms with E-state index in [2.05, 4.69) is 37.9 Å². The number of hydrogen-bond acceptors (Lipinski definition) is 5. The smallest absolute Gasteiger partial charge is 0.248 e. The number of amides is 1. The molecule has 3 aromatic rings. The van der Waals surface area contributed by atoms with E-state index in [4.69, 9.17) is 10.5 Å². The van der Waals surface area contributed by atoms with Crippen LogP contribution in [0.25, 0.3) is 11.3 Å². The third-order valence-electron chi connectivity index (χ3n) is 4.97. The van der Waals surface area contributed by atoms with Gasteiger partial charge in [-0.2, -0.15) is 5.10 Å². The van der Waals surface area contributed by atoms with Crippen LogP contribution in [0.2, 0.25) is 0 Å². The predicted molar refractivity (Wildman–Crippen MR) is 105 cm³/mol. The van der Waals surface area contributed by atoms with Crippen molar-refractivity contribution in [1.29, 1.82) is 0 Å². The van der Waals surface area contributed by atoms with Gasteiger partial charge in [-0.15, -0.1) is 0 Å². The highest BCUT2D eigenvalue weighted by Crippen LogP contribution is 2.39. The number of carbonyl (C=O) groups excluding carboxylic acids is 1.